The van der Waals surface area contributed by atoms with Crippen LogP contribution in [0.1, 0.15) is 18.1 Å². The van der Waals surface area contributed by atoms with E-state index in [2.05, 4.69) is 21.2 Å². The molecule has 1 atom stereocenters. The first-order chi connectivity index (χ1) is 11.7. The molecule has 0 saturated heterocycles. The summed E-state index contributed by atoms with van der Waals surface area (Å²) in [6, 6.07) is 9.38. The summed E-state index contributed by atoms with van der Waals surface area (Å²) in [6.07, 6.45) is -4.55. The predicted octanol–water partition coefficient (Wildman–Crippen LogP) is 5.87. The minimum Gasteiger partial charge on any atom is -0.325 e. The fourth-order valence-electron chi connectivity index (χ4n) is 2.00. The summed E-state index contributed by atoms with van der Waals surface area (Å²) in [5, 5.41) is 1.65. The van der Waals surface area contributed by atoms with E-state index in [9.17, 15) is 22.4 Å². The summed E-state index contributed by atoms with van der Waals surface area (Å²) >= 11 is 4.30. The van der Waals surface area contributed by atoms with Crippen LogP contribution in [0.25, 0.3) is 0 Å². The van der Waals surface area contributed by atoms with Crippen LogP contribution in [-0.2, 0) is 16.7 Å². The summed E-state index contributed by atoms with van der Waals surface area (Å²) < 4.78 is 53.2. The lowest BCUT2D eigenvalue weighted by Crippen LogP contribution is -2.24. The van der Waals surface area contributed by atoms with E-state index in [0.717, 1.165) is 17.8 Å². The van der Waals surface area contributed by atoms with Crippen LogP contribution in [0.15, 0.2) is 46.9 Å². The number of rotatable bonds is 5. The first-order valence-corrected chi connectivity index (χ1v) is 9.05. The van der Waals surface area contributed by atoms with Gasteiger partial charge in [0.15, 0.2) is 0 Å². The number of para-hydroxylation sites is 1. The van der Waals surface area contributed by atoms with Gasteiger partial charge in [0, 0.05) is 10.2 Å². The number of halogens is 5. The van der Waals surface area contributed by atoms with Gasteiger partial charge in [0.2, 0.25) is 5.91 Å². The normalized spacial score (nSPS) is 12.7. The van der Waals surface area contributed by atoms with Crippen molar-refractivity contribution in [3.8, 4) is 0 Å². The molecule has 2 aromatic carbocycles. The molecule has 0 aliphatic heterocycles. The minimum atomic E-state index is -4.55. The van der Waals surface area contributed by atoms with E-state index in [1.807, 2.05) is 0 Å². The maximum absolute atomic E-state index is 13.8. The van der Waals surface area contributed by atoms with Gasteiger partial charge in [-0.05, 0) is 36.8 Å². The molecule has 2 rings (SSSR count). The molecule has 1 unspecified atom stereocenters. The van der Waals surface area contributed by atoms with E-state index in [1.54, 1.807) is 19.1 Å². The number of hydrogen-bond acceptors (Lipinski definition) is 2. The van der Waals surface area contributed by atoms with Crippen molar-refractivity contribution in [2.75, 3.05) is 5.32 Å². The highest BCUT2D eigenvalue weighted by atomic mass is 79.9. The fraction of sp³-hybridized carbons (Fsp3) is 0.235. The Balaban J connectivity index is 2.02. The topological polar surface area (TPSA) is 29.1 Å². The second-order valence-electron chi connectivity index (χ2n) is 5.22. The van der Waals surface area contributed by atoms with Gasteiger partial charge in [-0.15, -0.1) is 11.8 Å². The molecule has 25 heavy (non-hydrogen) atoms. The summed E-state index contributed by atoms with van der Waals surface area (Å²) in [6.45, 7) is 1.56. The maximum Gasteiger partial charge on any atom is 0.418 e. The lowest BCUT2D eigenvalue weighted by Gasteiger charge is -2.16. The maximum atomic E-state index is 13.8. The summed E-state index contributed by atoms with van der Waals surface area (Å²) in [4.78, 5) is 12.2. The van der Waals surface area contributed by atoms with Crippen LogP contribution < -0.4 is 5.32 Å². The summed E-state index contributed by atoms with van der Waals surface area (Å²) in [7, 11) is 0. The lowest BCUT2D eigenvalue weighted by molar-refractivity contribution is -0.137. The van der Waals surface area contributed by atoms with Crippen molar-refractivity contribution in [2.45, 2.75) is 24.1 Å². The molecule has 134 valence electrons. The molecule has 2 aromatic rings. The molecule has 0 aromatic heterocycles. The van der Waals surface area contributed by atoms with Gasteiger partial charge in [0.05, 0.1) is 16.5 Å². The Morgan fingerprint density at radius 3 is 2.56 bits per heavy atom. The Hall–Kier alpha value is -1.54. The molecule has 0 spiro atoms. The minimum absolute atomic E-state index is 0.231. The molecule has 0 aliphatic rings. The second kappa shape index (κ2) is 8.23. The molecule has 0 heterocycles. The Kier molecular flexibility index (Phi) is 6.51. The molecule has 0 aliphatic carbocycles. The Bertz CT molecular complexity index is 767. The third-order valence-electron chi connectivity index (χ3n) is 3.36. The van der Waals surface area contributed by atoms with Crippen LogP contribution in [-0.4, -0.2) is 11.2 Å². The van der Waals surface area contributed by atoms with Crippen molar-refractivity contribution >= 4 is 39.3 Å². The number of anilines is 1. The van der Waals surface area contributed by atoms with Crippen LogP contribution in [0.2, 0.25) is 0 Å². The molecular weight excluding hydrogens is 422 g/mol. The molecule has 0 saturated carbocycles. The van der Waals surface area contributed by atoms with Crippen molar-refractivity contribution < 1.29 is 22.4 Å². The first-order valence-electron chi connectivity index (χ1n) is 7.21. The summed E-state index contributed by atoms with van der Waals surface area (Å²) in [5.41, 5.74) is -0.773. The van der Waals surface area contributed by atoms with Crippen molar-refractivity contribution in [2.24, 2.45) is 0 Å². The van der Waals surface area contributed by atoms with E-state index >= 15 is 0 Å². The lowest BCUT2D eigenvalue weighted by atomic mass is 10.1. The van der Waals surface area contributed by atoms with Gasteiger partial charge in [-0.3, -0.25) is 4.79 Å². The third kappa shape index (κ3) is 5.47. The van der Waals surface area contributed by atoms with Gasteiger partial charge in [-0.1, -0.05) is 34.1 Å². The number of carbonyl (C=O) groups is 1. The van der Waals surface area contributed by atoms with Crippen molar-refractivity contribution in [1.82, 2.24) is 0 Å². The number of amides is 1. The number of alkyl halides is 3. The highest BCUT2D eigenvalue weighted by Gasteiger charge is 2.33. The van der Waals surface area contributed by atoms with Crippen LogP contribution in [0.5, 0.6) is 0 Å². The quantitative estimate of drug-likeness (QED) is 0.595. The molecule has 1 N–H and O–H groups in total. The first kappa shape index (κ1) is 19.8. The largest absolute Gasteiger partial charge is 0.418 e. The van der Waals surface area contributed by atoms with Gasteiger partial charge in [-0.25, -0.2) is 4.39 Å². The van der Waals surface area contributed by atoms with Crippen molar-refractivity contribution in [1.29, 1.82) is 0 Å². The number of hydrogen-bond donors (Lipinski definition) is 1. The Morgan fingerprint density at radius 1 is 1.24 bits per heavy atom. The van der Waals surface area contributed by atoms with Crippen molar-refractivity contribution in [3.05, 3.63) is 63.9 Å². The molecule has 0 fully saturated rings. The molecule has 8 heteroatoms. The van der Waals surface area contributed by atoms with Crippen LogP contribution in [0, 0.1) is 5.82 Å². The monoisotopic (exact) mass is 435 g/mol. The van der Waals surface area contributed by atoms with Crippen LogP contribution >= 0.6 is 27.7 Å². The molecule has 0 bridgehead atoms. The summed E-state index contributed by atoms with van der Waals surface area (Å²) in [5.74, 6) is -0.745. The number of benzene rings is 2. The van der Waals surface area contributed by atoms with E-state index in [0.29, 0.717) is 10.0 Å². The molecule has 2 nitrogen and oxygen atoms in total. The Morgan fingerprint density at radius 2 is 1.92 bits per heavy atom. The molecule has 1 amide bonds. The second-order valence-corrected chi connectivity index (χ2v) is 7.47. The standard InChI is InChI=1S/C17H14BrF4NOS/c1-10(25-9-11-6-7-12(18)8-14(11)19)16(24)23-15-5-3-2-4-13(15)17(20,21)22/h2-8,10H,9H2,1H3,(H,23,24). The highest BCUT2D eigenvalue weighted by Crippen LogP contribution is 2.35. The zero-order chi connectivity index (χ0) is 18.6. The van der Waals surface area contributed by atoms with Gasteiger partial charge < -0.3 is 5.32 Å². The SMILES string of the molecule is CC(SCc1ccc(Br)cc1F)C(=O)Nc1ccccc1C(F)(F)F. The highest BCUT2D eigenvalue weighted by molar-refractivity contribution is 9.10. The average Bonchev–Trinajstić information content (AvgIpc) is 2.53. The molecule has 0 radical (unpaired) electrons. The number of nitrogens with one attached hydrogen (secondary N) is 1. The number of thioether (sulfide) groups is 1. The third-order valence-corrected chi connectivity index (χ3v) is 5.05. The van der Waals surface area contributed by atoms with Gasteiger partial charge in [0.25, 0.3) is 0 Å². The number of carbonyl (C=O) groups excluding carboxylic acids is 1. The predicted molar refractivity (Wildman–Crippen MR) is 94.9 cm³/mol. The van der Waals surface area contributed by atoms with Gasteiger partial charge in [0.1, 0.15) is 5.82 Å². The van der Waals surface area contributed by atoms with Crippen LogP contribution in [0.3, 0.4) is 0 Å². The van der Waals surface area contributed by atoms with E-state index in [-0.39, 0.29) is 11.4 Å². The van der Waals surface area contributed by atoms with Crippen molar-refractivity contribution in [3.63, 3.8) is 0 Å². The van der Waals surface area contributed by atoms with E-state index < -0.39 is 28.7 Å². The zero-order valence-corrected chi connectivity index (χ0v) is 15.4. The zero-order valence-electron chi connectivity index (χ0n) is 13.0. The van der Waals surface area contributed by atoms with E-state index in [4.69, 9.17) is 0 Å². The van der Waals surface area contributed by atoms with E-state index in [1.165, 1.54) is 24.3 Å². The van der Waals surface area contributed by atoms with Crippen LogP contribution in [0.4, 0.5) is 23.2 Å². The average molecular weight is 436 g/mol. The van der Waals surface area contributed by atoms with Gasteiger partial charge in [-0.2, -0.15) is 13.2 Å². The fourth-order valence-corrected chi connectivity index (χ4v) is 3.21. The Labute approximate surface area is 155 Å². The smallest absolute Gasteiger partial charge is 0.325 e. The van der Waals surface area contributed by atoms with Gasteiger partial charge >= 0.3 is 6.18 Å². The molecular formula is C17H14BrF4NOS.